The molecule has 0 bridgehead atoms. The van der Waals surface area contributed by atoms with Crippen molar-refractivity contribution in [2.24, 2.45) is 0 Å². The van der Waals surface area contributed by atoms with Crippen molar-refractivity contribution in [1.29, 1.82) is 0 Å². The van der Waals surface area contributed by atoms with Crippen LogP contribution in [0.1, 0.15) is 19.5 Å². The highest BCUT2D eigenvalue weighted by Gasteiger charge is 2.22. The SMILES string of the molecule is C/C=C\C(=C/C)c1nc2ccccc2nc1-c1cccc2c1cc1oc3cccc4c5ccccc5c2c1c34. The summed E-state index contributed by atoms with van der Waals surface area (Å²) in [5.41, 5.74) is 7.43. The third-order valence-corrected chi connectivity index (χ3v) is 7.89. The molecule has 39 heavy (non-hydrogen) atoms. The summed E-state index contributed by atoms with van der Waals surface area (Å²) < 4.78 is 6.53. The number of furan rings is 1. The first-order valence-corrected chi connectivity index (χ1v) is 13.3. The van der Waals surface area contributed by atoms with Crippen LogP contribution in [-0.2, 0) is 0 Å². The van der Waals surface area contributed by atoms with Crippen molar-refractivity contribution in [1.82, 2.24) is 9.97 Å². The van der Waals surface area contributed by atoms with Gasteiger partial charge in [-0.25, -0.2) is 9.97 Å². The smallest absolute Gasteiger partial charge is 0.136 e. The Labute approximate surface area is 225 Å². The van der Waals surface area contributed by atoms with Crippen LogP contribution in [0.3, 0.4) is 0 Å². The fourth-order valence-corrected chi connectivity index (χ4v) is 6.25. The summed E-state index contributed by atoms with van der Waals surface area (Å²) in [5, 5.41) is 9.63. The zero-order valence-electron chi connectivity index (χ0n) is 21.7. The lowest BCUT2D eigenvalue weighted by Crippen LogP contribution is -1.99. The lowest BCUT2D eigenvalue weighted by atomic mass is 9.89. The van der Waals surface area contributed by atoms with Crippen LogP contribution in [0.25, 0.3) is 82.1 Å². The van der Waals surface area contributed by atoms with Gasteiger partial charge in [-0.3, -0.25) is 0 Å². The molecule has 0 N–H and O–H groups in total. The average Bonchev–Trinajstić information content (AvgIpc) is 3.36. The summed E-state index contributed by atoms with van der Waals surface area (Å²) in [6.45, 7) is 4.08. The van der Waals surface area contributed by atoms with Gasteiger partial charge in [0.05, 0.1) is 22.4 Å². The second-order valence-electron chi connectivity index (χ2n) is 10.0. The van der Waals surface area contributed by atoms with Gasteiger partial charge in [0.15, 0.2) is 0 Å². The Morgan fingerprint density at radius 2 is 1.28 bits per heavy atom. The number of benzene rings is 6. The fourth-order valence-electron chi connectivity index (χ4n) is 6.25. The van der Waals surface area contributed by atoms with Gasteiger partial charge in [-0.15, -0.1) is 0 Å². The molecule has 0 atom stereocenters. The van der Waals surface area contributed by atoms with Crippen molar-refractivity contribution < 1.29 is 4.42 Å². The van der Waals surface area contributed by atoms with E-state index in [1.54, 1.807) is 0 Å². The molecular weight excluding hydrogens is 476 g/mol. The van der Waals surface area contributed by atoms with Crippen LogP contribution >= 0.6 is 0 Å². The molecule has 0 aliphatic heterocycles. The van der Waals surface area contributed by atoms with Gasteiger partial charge in [-0.05, 0) is 70.6 Å². The zero-order valence-corrected chi connectivity index (χ0v) is 21.7. The number of allylic oxidation sites excluding steroid dienone is 4. The minimum atomic E-state index is 0.873. The molecule has 0 fully saturated rings. The minimum Gasteiger partial charge on any atom is -0.456 e. The lowest BCUT2D eigenvalue weighted by Gasteiger charge is -2.15. The third kappa shape index (κ3) is 3.04. The van der Waals surface area contributed by atoms with Crippen molar-refractivity contribution in [3.63, 3.8) is 0 Å². The van der Waals surface area contributed by atoms with E-state index in [9.17, 15) is 0 Å². The van der Waals surface area contributed by atoms with E-state index >= 15 is 0 Å². The predicted octanol–water partition coefficient (Wildman–Crippen LogP) is 10.1. The number of hydrogen-bond donors (Lipinski definition) is 0. The molecule has 3 nitrogen and oxygen atoms in total. The number of fused-ring (bicyclic) bond motifs is 6. The minimum absolute atomic E-state index is 0.873. The summed E-state index contributed by atoms with van der Waals surface area (Å²) >= 11 is 0. The number of aromatic nitrogens is 2. The number of rotatable bonds is 3. The third-order valence-electron chi connectivity index (χ3n) is 7.89. The van der Waals surface area contributed by atoms with Gasteiger partial charge in [0.25, 0.3) is 0 Å². The molecule has 0 unspecified atom stereocenters. The summed E-state index contributed by atoms with van der Waals surface area (Å²) in [5.74, 6) is 0. The van der Waals surface area contributed by atoms with Gasteiger partial charge in [0.2, 0.25) is 0 Å². The van der Waals surface area contributed by atoms with Crippen molar-refractivity contribution in [2.75, 3.05) is 0 Å². The second-order valence-corrected chi connectivity index (χ2v) is 10.0. The highest BCUT2D eigenvalue weighted by molar-refractivity contribution is 6.38. The molecule has 2 aromatic heterocycles. The van der Waals surface area contributed by atoms with Gasteiger partial charge in [0.1, 0.15) is 11.2 Å². The van der Waals surface area contributed by atoms with Crippen molar-refractivity contribution >= 4 is 70.9 Å². The Hall–Kier alpha value is -5.02. The van der Waals surface area contributed by atoms with Crippen molar-refractivity contribution in [3.8, 4) is 11.3 Å². The molecule has 2 heterocycles. The van der Waals surface area contributed by atoms with Crippen LogP contribution in [-0.4, -0.2) is 9.97 Å². The van der Waals surface area contributed by atoms with Gasteiger partial charge in [-0.2, -0.15) is 0 Å². The molecule has 0 aliphatic carbocycles. The van der Waals surface area contributed by atoms with Gasteiger partial charge >= 0.3 is 0 Å². The number of nitrogens with zero attached hydrogens (tertiary/aromatic N) is 2. The van der Waals surface area contributed by atoms with Gasteiger partial charge in [-0.1, -0.05) is 85.0 Å². The molecule has 184 valence electrons. The summed E-state index contributed by atoms with van der Waals surface area (Å²) in [7, 11) is 0. The molecule has 8 rings (SSSR count). The Bertz CT molecular complexity index is 2300. The topological polar surface area (TPSA) is 38.9 Å². The molecule has 6 aromatic carbocycles. The Morgan fingerprint density at radius 3 is 2.08 bits per heavy atom. The van der Waals surface area contributed by atoms with Crippen LogP contribution in [0, 0.1) is 0 Å². The molecule has 8 aromatic rings. The highest BCUT2D eigenvalue weighted by Crippen LogP contribution is 2.47. The van der Waals surface area contributed by atoms with E-state index in [4.69, 9.17) is 14.4 Å². The average molecular weight is 501 g/mol. The van der Waals surface area contributed by atoms with E-state index in [0.29, 0.717) is 0 Å². The summed E-state index contributed by atoms with van der Waals surface area (Å²) in [6, 6.07) is 31.9. The molecule has 0 saturated heterocycles. The van der Waals surface area contributed by atoms with Crippen LogP contribution in [0.2, 0.25) is 0 Å². The molecule has 0 spiro atoms. The van der Waals surface area contributed by atoms with Crippen molar-refractivity contribution in [3.05, 3.63) is 115 Å². The molecule has 3 heteroatoms. The number of hydrogen-bond acceptors (Lipinski definition) is 3. The van der Waals surface area contributed by atoms with Crippen LogP contribution in [0.5, 0.6) is 0 Å². The fraction of sp³-hybridized carbons (Fsp3) is 0.0556. The highest BCUT2D eigenvalue weighted by atomic mass is 16.3. The van der Waals surface area contributed by atoms with E-state index in [2.05, 4.69) is 91.9 Å². The Kier molecular flexibility index (Phi) is 4.65. The molecule has 0 amide bonds. The molecule has 0 radical (unpaired) electrons. The van der Waals surface area contributed by atoms with E-state index in [1.165, 1.54) is 37.7 Å². The summed E-state index contributed by atoms with van der Waals surface area (Å²) in [4.78, 5) is 10.3. The monoisotopic (exact) mass is 500 g/mol. The quantitative estimate of drug-likeness (QED) is 0.179. The molecule has 0 aliphatic rings. The largest absolute Gasteiger partial charge is 0.456 e. The first-order chi connectivity index (χ1) is 19.3. The number of para-hydroxylation sites is 2. The molecule has 0 saturated carbocycles. The lowest BCUT2D eigenvalue weighted by molar-refractivity contribution is 0.670. The maximum absolute atomic E-state index is 6.53. The summed E-state index contributed by atoms with van der Waals surface area (Å²) in [6.07, 6.45) is 6.26. The van der Waals surface area contributed by atoms with E-state index in [0.717, 1.165) is 50.1 Å². The first kappa shape index (κ1) is 22.0. The Morgan fingerprint density at radius 1 is 0.615 bits per heavy atom. The van der Waals surface area contributed by atoms with Crippen LogP contribution in [0.15, 0.2) is 114 Å². The maximum atomic E-state index is 6.53. The standard InChI is InChI=1S/C36H24N2O/c1-3-11-21(4-2)35-36(38-29-18-8-7-17-28(29)37-35)26-16-9-14-25-27(26)20-31-34-32(25)23-13-6-5-12-22(23)24-15-10-19-30(39-31)33(24)34/h3-20H,1-2H3/b11-3-,21-4+. The van der Waals surface area contributed by atoms with Crippen molar-refractivity contribution in [2.45, 2.75) is 13.8 Å². The second kappa shape index (κ2) is 8.24. The normalized spacial score (nSPS) is 12.9. The van der Waals surface area contributed by atoms with Gasteiger partial charge in [0, 0.05) is 21.7 Å². The van der Waals surface area contributed by atoms with E-state index in [1.807, 2.05) is 31.2 Å². The predicted molar refractivity (Wildman–Crippen MR) is 164 cm³/mol. The van der Waals surface area contributed by atoms with Crippen LogP contribution < -0.4 is 0 Å². The first-order valence-electron chi connectivity index (χ1n) is 13.3. The van der Waals surface area contributed by atoms with Crippen LogP contribution in [0.4, 0.5) is 0 Å². The molecular formula is C36H24N2O. The van der Waals surface area contributed by atoms with Gasteiger partial charge < -0.3 is 4.42 Å². The zero-order chi connectivity index (χ0) is 26.1. The van der Waals surface area contributed by atoms with E-state index < -0.39 is 0 Å². The van der Waals surface area contributed by atoms with E-state index in [-0.39, 0.29) is 0 Å². The maximum Gasteiger partial charge on any atom is 0.136 e. The Balaban J connectivity index is 1.58.